The number of ether oxygens (including phenoxy) is 2. The van der Waals surface area contributed by atoms with Crippen molar-refractivity contribution in [2.75, 3.05) is 34.4 Å². The fourth-order valence-electron chi connectivity index (χ4n) is 3.85. The quantitative estimate of drug-likeness (QED) is 0.196. The van der Waals surface area contributed by atoms with E-state index in [9.17, 15) is 9.59 Å². The van der Waals surface area contributed by atoms with Crippen LogP contribution < -0.4 is 4.74 Å². The van der Waals surface area contributed by atoms with E-state index >= 15 is 0 Å². The van der Waals surface area contributed by atoms with Crippen LogP contribution in [0.2, 0.25) is 0 Å². The second-order valence-corrected chi connectivity index (χ2v) is 8.63. The number of likely N-dealkylation sites (N-methyl/N-ethyl adjacent to an activating group) is 1. The van der Waals surface area contributed by atoms with Crippen LogP contribution in [0.5, 0.6) is 5.75 Å². The molecule has 36 heavy (non-hydrogen) atoms. The normalized spacial score (nSPS) is 13.4. The molecule has 0 radical (unpaired) electrons. The van der Waals surface area contributed by atoms with E-state index in [1.807, 2.05) is 43.3 Å². The number of amides is 1. The minimum atomic E-state index is -0.289. The zero-order chi connectivity index (χ0) is 25.9. The molecule has 2 aromatic rings. The zero-order valence-electron chi connectivity index (χ0n) is 21.5. The van der Waals surface area contributed by atoms with Gasteiger partial charge in [-0.1, -0.05) is 60.6 Å². The maximum absolute atomic E-state index is 12.1. The fourth-order valence-corrected chi connectivity index (χ4v) is 3.85. The lowest BCUT2D eigenvalue weighted by Gasteiger charge is -2.18. The highest BCUT2D eigenvalue weighted by atomic mass is 16.6. The highest BCUT2D eigenvalue weighted by Gasteiger charge is 2.16. The Bertz CT molecular complexity index is 1150. The number of esters is 1. The van der Waals surface area contributed by atoms with Crippen molar-refractivity contribution in [2.24, 2.45) is 5.16 Å². The molecule has 190 valence electrons. The molecule has 0 bridgehead atoms. The summed E-state index contributed by atoms with van der Waals surface area (Å²) in [4.78, 5) is 30.7. The van der Waals surface area contributed by atoms with Crippen molar-refractivity contribution in [1.82, 2.24) is 4.90 Å². The highest BCUT2D eigenvalue weighted by molar-refractivity contribution is 6.00. The minimum absolute atomic E-state index is 0.0712. The maximum Gasteiger partial charge on any atom is 0.309 e. The molecule has 7 heteroatoms. The fraction of sp³-hybridized carbons (Fsp3) is 0.345. The SMILES string of the molecule is CC/C(=N\OCCOc1cccc(CC(=O)OC)c1)c1ccc(C2=CC=C(C(=O)N(C)C)CC2)cc1. The Balaban J connectivity index is 1.52. The predicted molar refractivity (Wildman–Crippen MR) is 141 cm³/mol. The molecular formula is C29H34N2O5. The predicted octanol–water partition coefficient (Wildman–Crippen LogP) is 4.80. The second kappa shape index (κ2) is 13.3. The highest BCUT2D eigenvalue weighted by Crippen LogP contribution is 2.27. The molecule has 0 fully saturated rings. The molecule has 7 nitrogen and oxygen atoms in total. The van der Waals surface area contributed by atoms with Crippen molar-refractivity contribution in [1.29, 1.82) is 0 Å². The van der Waals surface area contributed by atoms with Crippen molar-refractivity contribution in [3.63, 3.8) is 0 Å². The molecule has 0 heterocycles. The van der Waals surface area contributed by atoms with Gasteiger partial charge in [-0.05, 0) is 53.7 Å². The summed E-state index contributed by atoms with van der Waals surface area (Å²) < 4.78 is 10.4. The molecule has 0 atom stereocenters. The molecule has 1 aliphatic rings. The van der Waals surface area contributed by atoms with Crippen LogP contribution in [-0.4, -0.2) is 56.9 Å². The Morgan fingerprint density at radius 3 is 2.42 bits per heavy atom. The van der Waals surface area contributed by atoms with Crippen molar-refractivity contribution >= 4 is 23.2 Å². The van der Waals surface area contributed by atoms with Gasteiger partial charge in [-0.25, -0.2) is 0 Å². The van der Waals surface area contributed by atoms with E-state index in [-0.39, 0.29) is 18.3 Å². The number of oxime groups is 1. The Hall–Kier alpha value is -3.87. The van der Waals surface area contributed by atoms with E-state index in [1.54, 1.807) is 19.0 Å². The molecule has 0 aromatic heterocycles. The van der Waals surface area contributed by atoms with E-state index < -0.39 is 0 Å². The first-order chi connectivity index (χ1) is 17.4. The van der Waals surface area contributed by atoms with Crippen LogP contribution in [0.1, 0.15) is 42.9 Å². The summed E-state index contributed by atoms with van der Waals surface area (Å²) >= 11 is 0. The standard InChI is InChI=1S/C29H34N2O5/c1-5-27(30-36-18-17-35-26-8-6-7-21(19-26)20-28(32)34-4)24-13-9-22(10-14-24)23-11-15-25(16-12-23)29(33)31(2)3/h6-11,13-15,19H,5,12,16-18,20H2,1-4H3/b30-27+. The summed E-state index contributed by atoms with van der Waals surface area (Å²) in [6.45, 7) is 2.67. The van der Waals surface area contributed by atoms with Gasteiger partial charge in [0.2, 0.25) is 5.91 Å². The van der Waals surface area contributed by atoms with Gasteiger partial charge in [-0.2, -0.15) is 0 Å². The third-order valence-corrected chi connectivity index (χ3v) is 5.85. The smallest absolute Gasteiger partial charge is 0.309 e. The molecule has 3 rings (SSSR count). The molecule has 2 aromatic carbocycles. The first-order valence-corrected chi connectivity index (χ1v) is 12.1. The van der Waals surface area contributed by atoms with Crippen molar-refractivity contribution < 1.29 is 23.9 Å². The van der Waals surface area contributed by atoms with E-state index in [4.69, 9.17) is 14.3 Å². The van der Waals surface area contributed by atoms with Crippen LogP contribution in [0.15, 0.2) is 71.4 Å². The van der Waals surface area contributed by atoms with Crippen LogP contribution in [0.3, 0.4) is 0 Å². The van der Waals surface area contributed by atoms with E-state index in [2.05, 4.69) is 29.4 Å². The average molecular weight is 491 g/mol. The van der Waals surface area contributed by atoms with Gasteiger partial charge in [0, 0.05) is 19.7 Å². The van der Waals surface area contributed by atoms with Crippen molar-refractivity contribution in [3.05, 3.63) is 82.9 Å². The van der Waals surface area contributed by atoms with Gasteiger partial charge in [0.1, 0.15) is 12.4 Å². The lowest BCUT2D eigenvalue weighted by molar-refractivity contribution is -0.139. The summed E-state index contributed by atoms with van der Waals surface area (Å²) in [5.41, 5.74) is 5.90. The Morgan fingerprint density at radius 2 is 1.78 bits per heavy atom. The van der Waals surface area contributed by atoms with Gasteiger partial charge in [0.25, 0.3) is 0 Å². The Labute approximate surface area is 213 Å². The topological polar surface area (TPSA) is 77.4 Å². The van der Waals surface area contributed by atoms with Crippen LogP contribution >= 0.6 is 0 Å². The number of allylic oxidation sites excluding steroid dienone is 3. The van der Waals surface area contributed by atoms with Crippen molar-refractivity contribution in [2.45, 2.75) is 32.6 Å². The molecule has 1 aliphatic carbocycles. The third-order valence-electron chi connectivity index (χ3n) is 5.85. The average Bonchev–Trinajstić information content (AvgIpc) is 2.90. The molecular weight excluding hydrogens is 456 g/mol. The van der Waals surface area contributed by atoms with E-state index in [0.29, 0.717) is 19.0 Å². The summed E-state index contributed by atoms with van der Waals surface area (Å²) in [6, 6.07) is 15.6. The summed E-state index contributed by atoms with van der Waals surface area (Å²) in [7, 11) is 4.92. The van der Waals surface area contributed by atoms with Gasteiger partial charge in [0.15, 0.2) is 6.61 Å². The number of rotatable bonds is 11. The molecule has 0 saturated heterocycles. The van der Waals surface area contributed by atoms with Gasteiger partial charge in [-0.15, -0.1) is 0 Å². The maximum atomic E-state index is 12.1. The molecule has 0 N–H and O–H groups in total. The van der Waals surface area contributed by atoms with Crippen LogP contribution in [0, 0.1) is 0 Å². The summed E-state index contributed by atoms with van der Waals surface area (Å²) in [6.07, 6.45) is 6.50. The number of carbonyl (C=O) groups excluding carboxylic acids is 2. The van der Waals surface area contributed by atoms with E-state index in [1.165, 1.54) is 12.7 Å². The van der Waals surface area contributed by atoms with Crippen LogP contribution in [0.4, 0.5) is 0 Å². The van der Waals surface area contributed by atoms with Gasteiger partial charge in [0.05, 0.1) is 19.2 Å². The summed E-state index contributed by atoms with van der Waals surface area (Å²) in [5, 5.41) is 4.31. The monoisotopic (exact) mass is 490 g/mol. The first kappa shape index (κ1) is 26.7. The second-order valence-electron chi connectivity index (χ2n) is 8.63. The number of benzene rings is 2. The van der Waals surface area contributed by atoms with Gasteiger partial charge < -0.3 is 19.2 Å². The molecule has 1 amide bonds. The number of hydrogen-bond acceptors (Lipinski definition) is 6. The number of hydrogen-bond donors (Lipinski definition) is 0. The number of nitrogens with zero attached hydrogens (tertiary/aromatic N) is 2. The molecule has 0 unspecified atom stereocenters. The lowest BCUT2D eigenvalue weighted by atomic mass is 9.92. The zero-order valence-corrected chi connectivity index (χ0v) is 21.5. The largest absolute Gasteiger partial charge is 0.490 e. The minimum Gasteiger partial charge on any atom is -0.490 e. The van der Waals surface area contributed by atoms with Crippen LogP contribution in [0.25, 0.3) is 5.57 Å². The number of carbonyl (C=O) groups is 2. The van der Waals surface area contributed by atoms with Gasteiger partial charge >= 0.3 is 5.97 Å². The van der Waals surface area contributed by atoms with Crippen LogP contribution in [-0.2, 0) is 25.6 Å². The Kier molecular flexibility index (Phi) is 9.86. The third kappa shape index (κ3) is 7.57. The molecule has 0 aliphatic heterocycles. The molecule has 0 spiro atoms. The first-order valence-electron chi connectivity index (χ1n) is 12.1. The van der Waals surface area contributed by atoms with E-state index in [0.717, 1.165) is 47.2 Å². The van der Waals surface area contributed by atoms with Gasteiger partial charge in [-0.3, -0.25) is 9.59 Å². The lowest BCUT2D eigenvalue weighted by Crippen LogP contribution is -2.24. The van der Waals surface area contributed by atoms with Crippen molar-refractivity contribution in [3.8, 4) is 5.75 Å². The Morgan fingerprint density at radius 1 is 1.00 bits per heavy atom. The summed E-state index contributed by atoms with van der Waals surface area (Å²) in [5.74, 6) is 0.449. The number of methoxy groups -OCH3 is 1. The molecule has 0 saturated carbocycles.